The van der Waals surface area contributed by atoms with Crippen molar-refractivity contribution in [2.75, 3.05) is 13.2 Å². The minimum absolute atomic E-state index is 0.0800. The second kappa shape index (κ2) is 4.78. The van der Waals surface area contributed by atoms with Crippen LogP contribution in [-0.2, 0) is 9.53 Å². The Hall–Kier alpha value is -0.570. The summed E-state index contributed by atoms with van der Waals surface area (Å²) in [6, 6.07) is 0. The van der Waals surface area contributed by atoms with E-state index in [1.807, 2.05) is 0 Å². The fourth-order valence-corrected chi connectivity index (χ4v) is 2.41. The SMILES string of the molecule is O=C1NCCC1OCCC1CCCC1. The molecular weight excluding hydrogens is 178 g/mol. The molecule has 80 valence electrons. The van der Waals surface area contributed by atoms with Gasteiger partial charge >= 0.3 is 0 Å². The van der Waals surface area contributed by atoms with Crippen LogP contribution in [0.2, 0.25) is 0 Å². The summed E-state index contributed by atoms with van der Waals surface area (Å²) in [5.41, 5.74) is 0. The summed E-state index contributed by atoms with van der Waals surface area (Å²) in [4.78, 5) is 11.2. The Bertz CT molecular complexity index is 199. The summed E-state index contributed by atoms with van der Waals surface area (Å²) in [6.45, 7) is 1.55. The molecule has 1 saturated heterocycles. The Balaban J connectivity index is 1.60. The molecule has 1 N–H and O–H groups in total. The van der Waals surface area contributed by atoms with Crippen molar-refractivity contribution in [3.05, 3.63) is 0 Å². The van der Waals surface area contributed by atoms with Gasteiger partial charge in [0.2, 0.25) is 5.91 Å². The molecule has 14 heavy (non-hydrogen) atoms. The summed E-state index contributed by atoms with van der Waals surface area (Å²) >= 11 is 0. The highest BCUT2D eigenvalue weighted by Crippen LogP contribution is 2.27. The average Bonchev–Trinajstić information content (AvgIpc) is 2.78. The molecule has 1 amide bonds. The lowest BCUT2D eigenvalue weighted by atomic mass is 10.1. The summed E-state index contributed by atoms with van der Waals surface area (Å²) in [5.74, 6) is 0.941. The van der Waals surface area contributed by atoms with Crippen molar-refractivity contribution in [1.29, 1.82) is 0 Å². The average molecular weight is 197 g/mol. The third-order valence-electron chi connectivity index (χ3n) is 3.32. The molecule has 2 rings (SSSR count). The Morgan fingerprint density at radius 2 is 2.07 bits per heavy atom. The molecule has 0 aromatic heterocycles. The van der Waals surface area contributed by atoms with Crippen LogP contribution in [-0.4, -0.2) is 25.2 Å². The lowest BCUT2D eigenvalue weighted by Crippen LogP contribution is -2.26. The van der Waals surface area contributed by atoms with Gasteiger partial charge in [0.1, 0.15) is 6.10 Å². The molecule has 1 aliphatic carbocycles. The van der Waals surface area contributed by atoms with Crippen LogP contribution in [0.5, 0.6) is 0 Å². The summed E-state index contributed by atoms with van der Waals surface area (Å²) in [7, 11) is 0. The van der Waals surface area contributed by atoms with Crippen LogP contribution in [0.1, 0.15) is 38.5 Å². The Morgan fingerprint density at radius 1 is 1.29 bits per heavy atom. The van der Waals surface area contributed by atoms with Gasteiger partial charge in [-0.2, -0.15) is 0 Å². The van der Waals surface area contributed by atoms with E-state index in [4.69, 9.17) is 4.74 Å². The molecule has 3 nitrogen and oxygen atoms in total. The van der Waals surface area contributed by atoms with Crippen molar-refractivity contribution in [2.45, 2.75) is 44.6 Å². The van der Waals surface area contributed by atoms with E-state index in [0.717, 1.165) is 31.9 Å². The third-order valence-corrected chi connectivity index (χ3v) is 3.32. The maximum atomic E-state index is 11.2. The molecule has 0 bridgehead atoms. The van der Waals surface area contributed by atoms with Gasteiger partial charge < -0.3 is 10.1 Å². The number of carbonyl (C=O) groups excluding carboxylic acids is 1. The van der Waals surface area contributed by atoms with Gasteiger partial charge in [-0.15, -0.1) is 0 Å². The smallest absolute Gasteiger partial charge is 0.249 e. The summed E-state index contributed by atoms with van der Waals surface area (Å²) in [5, 5.41) is 2.78. The van der Waals surface area contributed by atoms with Gasteiger partial charge in [-0.3, -0.25) is 4.79 Å². The first-order valence-corrected chi connectivity index (χ1v) is 5.75. The molecule has 1 aliphatic heterocycles. The molecule has 0 aromatic rings. The van der Waals surface area contributed by atoms with Crippen molar-refractivity contribution < 1.29 is 9.53 Å². The third kappa shape index (κ3) is 2.47. The number of ether oxygens (including phenoxy) is 1. The van der Waals surface area contributed by atoms with E-state index in [2.05, 4.69) is 5.32 Å². The van der Waals surface area contributed by atoms with Gasteiger partial charge in [0.25, 0.3) is 0 Å². The van der Waals surface area contributed by atoms with Crippen LogP contribution < -0.4 is 5.32 Å². The van der Waals surface area contributed by atoms with E-state index >= 15 is 0 Å². The summed E-state index contributed by atoms with van der Waals surface area (Å²) < 4.78 is 5.57. The zero-order valence-corrected chi connectivity index (χ0v) is 8.63. The molecule has 1 atom stereocenters. The second-order valence-electron chi connectivity index (χ2n) is 4.38. The van der Waals surface area contributed by atoms with E-state index in [9.17, 15) is 4.79 Å². The minimum atomic E-state index is -0.156. The fourth-order valence-electron chi connectivity index (χ4n) is 2.41. The van der Waals surface area contributed by atoms with Gasteiger partial charge in [-0.1, -0.05) is 25.7 Å². The molecule has 3 heteroatoms. The number of hydrogen-bond donors (Lipinski definition) is 1. The molecule has 2 aliphatic rings. The van der Waals surface area contributed by atoms with Crippen LogP contribution in [0, 0.1) is 5.92 Å². The Morgan fingerprint density at radius 3 is 2.71 bits per heavy atom. The van der Waals surface area contributed by atoms with Gasteiger partial charge in [-0.25, -0.2) is 0 Å². The standard InChI is InChI=1S/C11H19NO2/c13-11-10(5-7-12-11)14-8-6-9-3-1-2-4-9/h9-10H,1-8H2,(H,12,13). The first-order valence-electron chi connectivity index (χ1n) is 5.75. The lowest BCUT2D eigenvalue weighted by molar-refractivity contribution is -0.129. The topological polar surface area (TPSA) is 38.3 Å². The highest BCUT2D eigenvalue weighted by atomic mass is 16.5. The van der Waals surface area contributed by atoms with Crippen molar-refractivity contribution in [3.63, 3.8) is 0 Å². The molecular formula is C11H19NO2. The lowest BCUT2D eigenvalue weighted by Gasteiger charge is -2.12. The zero-order valence-electron chi connectivity index (χ0n) is 8.63. The fraction of sp³-hybridized carbons (Fsp3) is 0.909. The van der Waals surface area contributed by atoms with Gasteiger partial charge in [0.05, 0.1) is 0 Å². The normalized spacial score (nSPS) is 28.3. The van der Waals surface area contributed by atoms with Gasteiger partial charge in [-0.05, 0) is 18.8 Å². The van der Waals surface area contributed by atoms with Gasteiger partial charge in [0, 0.05) is 13.2 Å². The van der Waals surface area contributed by atoms with Gasteiger partial charge in [0.15, 0.2) is 0 Å². The van der Waals surface area contributed by atoms with E-state index in [1.165, 1.54) is 25.7 Å². The molecule has 0 radical (unpaired) electrons. The van der Waals surface area contributed by atoms with Crippen LogP contribution in [0.3, 0.4) is 0 Å². The Kier molecular flexibility index (Phi) is 3.40. The number of hydrogen-bond acceptors (Lipinski definition) is 2. The first-order chi connectivity index (χ1) is 6.86. The maximum absolute atomic E-state index is 11.2. The molecule has 0 aromatic carbocycles. The summed E-state index contributed by atoms with van der Waals surface area (Å²) in [6.07, 6.45) is 7.33. The number of nitrogens with one attached hydrogen (secondary N) is 1. The highest BCUT2D eigenvalue weighted by molar-refractivity contribution is 5.82. The molecule has 1 saturated carbocycles. The Labute approximate surface area is 85.2 Å². The van der Waals surface area contributed by atoms with E-state index in [0.29, 0.717) is 0 Å². The molecule has 2 fully saturated rings. The van der Waals surface area contributed by atoms with Crippen molar-refractivity contribution in [3.8, 4) is 0 Å². The van der Waals surface area contributed by atoms with Crippen molar-refractivity contribution in [1.82, 2.24) is 5.32 Å². The predicted molar refractivity (Wildman–Crippen MR) is 53.9 cm³/mol. The predicted octanol–water partition coefficient (Wildman–Crippen LogP) is 1.47. The van der Waals surface area contributed by atoms with E-state index < -0.39 is 0 Å². The minimum Gasteiger partial charge on any atom is -0.368 e. The molecule has 1 heterocycles. The quantitative estimate of drug-likeness (QED) is 0.741. The van der Waals surface area contributed by atoms with Crippen molar-refractivity contribution >= 4 is 5.91 Å². The van der Waals surface area contributed by atoms with E-state index in [-0.39, 0.29) is 12.0 Å². The molecule has 1 unspecified atom stereocenters. The largest absolute Gasteiger partial charge is 0.368 e. The van der Waals surface area contributed by atoms with Crippen LogP contribution in [0.25, 0.3) is 0 Å². The maximum Gasteiger partial charge on any atom is 0.249 e. The van der Waals surface area contributed by atoms with Crippen LogP contribution >= 0.6 is 0 Å². The monoisotopic (exact) mass is 197 g/mol. The molecule has 0 spiro atoms. The number of amides is 1. The number of rotatable bonds is 4. The highest BCUT2D eigenvalue weighted by Gasteiger charge is 2.25. The van der Waals surface area contributed by atoms with Crippen LogP contribution in [0.15, 0.2) is 0 Å². The first kappa shape index (κ1) is 9.97. The number of carbonyl (C=O) groups is 1. The van der Waals surface area contributed by atoms with Crippen molar-refractivity contribution in [2.24, 2.45) is 5.92 Å². The second-order valence-corrected chi connectivity index (χ2v) is 4.38. The van der Waals surface area contributed by atoms with E-state index in [1.54, 1.807) is 0 Å². The van der Waals surface area contributed by atoms with Crippen LogP contribution in [0.4, 0.5) is 0 Å². The zero-order chi connectivity index (χ0) is 9.80.